The first kappa shape index (κ1) is 9.82. The summed E-state index contributed by atoms with van der Waals surface area (Å²) in [5, 5.41) is 14.1. The van der Waals surface area contributed by atoms with Crippen LogP contribution in [-0.2, 0) is 6.54 Å². The molecule has 1 aromatic rings. The molecule has 1 saturated heterocycles. The Kier molecular flexibility index (Phi) is 2.95. The largest absolute Gasteiger partial charge is 0.392 e. The minimum absolute atomic E-state index is 0.198. The lowest BCUT2D eigenvalue weighted by molar-refractivity contribution is 0.0663. The molecular formula is C8H14N4OS. The van der Waals surface area contributed by atoms with Crippen LogP contribution in [0.2, 0.25) is 0 Å². The number of rotatable bonds is 2. The van der Waals surface area contributed by atoms with E-state index in [2.05, 4.69) is 14.5 Å². The summed E-state index contributed by atoms with van der Waals surface area (Å²) in [6, 6.07) is 0. The zero-order valence-corrected chi connectivity index (χ0v) is 8.70. The second-order valence-corrected chi connectivity index (χ2v) is 4.40. The molecule has 2 heterocycles. The van der Waals surface area contributed by atoms with Gasteiger partial charge < -0.3 is 10.8 Å². The molecule has 0 saturated carbocycles. The molecule has 1 aromatic heterocycles. The number of hydrogen-bond acceptors (Lipinski definition) is 6. The average molecular weight is 214 g/mol. The molecule has 1 fully saturated rings. The Morgan fingerprint density at radius 2 is 2.50 bits per heavy atom. The van der Waals surface area contributed by atoms with Gasteiger partial charge in [-0.05, 0) is 19.4 Å². The molecule has 0 aliphatic carbocycles. The minimum Gasteiger partial charge on any atom is -0.392 e. The first-order chi connectivity index (χ1) is 6.75. The Balaban J connectivity index is 1.94. The zero-order valence-electron chi connectivity index (χ0n) is 7.89. The van der Waals surface area contributed by atoms with Gasteiger partial charge >= 0.3 is 0 Å². The number of aromatic nitrogens is 2. The average Bonchev–Trinajstić information content (AvgIpc) is 2.52. The van der Waals surface area contributed by atoms with Gasteiger partial charge in [-0.3, -0.25) is 4.90 Å². The van der Waals surface area contributed by atoms with Crippen LogP contribution in [-0.4, -0.2) is 38.8 Å². The smallest absolute Gasteiger partial charge is 0.132 e. The van der Waals surface area contributed by atoms with Gasteiger partial charge in [0.15, 0.2) is 0 Å². The summed E-state index contributed by atoms with van der Waals surface area (Å²) in [5.41, 5.74) is 6.53. The second-order valence-electron chi connectivity index (χ2n) is 3.62. The molecule has 0 bridgehead atoms. The van der Waals surface area contributed by atoms with E-state index in [1.54, 1.807) is 0 Å². The fourth-order valence-electron chi connectivity index (χ4n) is 1.71. The molecule has 78 valence electrons. The fourth-order valence-corrected chi connectivity index (χ4v) is 2.15. The standard InChI is InChI=1S/C8H14N4OS/c9-8-7(10-11-14-8)5-12-3-1-2-6(13)4-12/h6,13H,1-5,9H2. The van der Waals surface area contributed by atoms with Crippen LogP contribution in [0.25, 0.3) is 0 Å². The molecule has 14 heavy (non-hydrogen) atoms. The summed E-state index contributed by atoms with van der Waals surface area (Å²) < 4.78 is 3.78. The summed E-state index contributed by atoms with van der Waals surface area (Å²) in [6.45, 7) is 2.43. The Morgan fingerprint density at radius 1 is 1.64 bits per heavy atom. The number of β-amino-alcohol motifs (C(OH)–C–C–N with tert-alkyl or cyclic N) is 1. The summed E-state index contributed by atoms with van der Waals surface area (Å²) in [6.07, 6.45) is 1.75. The number of aliphatic hydroxyl groups is 1. The third-order valence-electron chi connectivity index (χ3n) is 2.44. The van der Waals surface area contributed by atoms with E-state index in [-0.39, 0.29) is 6.10 Å². The number of piperidine rings is 1. The quantitative estimate of drug-likeness (QED) is 0.729. The van der Waals surface area contributed by atoms with E-state index in [0.717, 1.165) is 31.6 Å². The summed E-state index contributed by atoms with van der Waals surface area (Å²) in [4.78, 5) is 2.17. The maximum Gasteiger partial charge on any atom is 0.132 e. The highest BCUT2D eigenvalue weighted by molar-refractivity contribution is 7.09. The summed E-state index contributed by atoms with van der Waals surface area (Å²) in [7, 11) is 0. The molecular weight excluding hydrogens is 200 g/mol. The molecule has 1 aliphatic rings. The van der Waals surface area contributed by atoms with E-state index in [1.165, 1.54) is 11.5 Å². The van der Waals surface area contributed by atoms with Gasteiger partial charge in [-0.25, -0.2) is 0 Å². The van der Waals surface area contributed by atoms with E-state index in [0.29, 0.717) is 11.5 Å². The Labute approximate surface area is 86.7 Å². The first-order valence-corrected chi connectivity index (χ1v) is 5.50. The van der Waals surface area contributed by atoms with Crippen LogP contribution in [0.15, 0.2) is 0 Å². The zero-order chi connectivity index (χ0) is 9.97. The summed E-state index contributed by atoms with van der Waals surface area (Å²) in [5.74, 6) is 0. The predicted molar refractivity (Wildman–Crippen MR) is 54.8 cm³/mol. The number of hydrogen-bond donors (Lipinski definition) is 2. The van der Waals surface area contributed by atoms with E-state index < -0.39 is 0 Å². The van der Waals surface area contributed by atoms with Gasteiger partial charge in [0.2, 0.25) is 0 Å². The number of anilines is 1. The third-order valence-corrected chi connectivity index (χ3v) is 3.03. The third kappa shape index (κ3) is 2.20. The van der Waals surface area contributed by atoms with E-state index in [9.17, 15) is 5.11 Å². The molecule has 6 heteroatoms. The highest BCUT2D eigenvalue weighted by atomic mass is 32.1. The van der Waals surface area contributed by atoms with Crippen molar-refractivity contribution in [2.75, 3.05) is 18.8 Å². The van der Waals surface area contributed by atoms with Crippen molar-refractivity contribution in [1.29, 1.82) is 0 Å². The van der Waals surface area contributed by atoms with Gasteiger partial charge in [-0.2, -0.15) is 0 Å². The topological polar surface area (TPSA) is 75.3 Å². The SMILES string of the molecule is Nc1snnc1CN1CCCC(O)C1. The number of nitrogens with zero attached hydrogens (tertiary/aromatic N) is 3. The van der Waals surface area contributed by atoms with Crippen LogP contribution < -0.4 is 5.73 Å². The van der Waals surface area contributed by atoms with Crippen LogP contribution in [0, 0.1) is 0 Å². The van der Waals surface area contributed by atoms with Crippen LogP contribution in [0.4, 0.5) is 5.00 Å². The lowest BCUT2D eigenvalue weighted by Crippen LogP contribution is -2.37. The van der Waals surface area contributed by atoms with Gasteiger partial charge in [0.1, 0.15) is 10.7 Å². The van der Waals surface area contributed by atoms with E-state index >= 15 is 0 Å². The van der Waals surface area contributed by atoms with Crippen molar-refractivity contribution in [3.8, 4) is 0 Å². The molecule has 1 aliphatic heterocycles. The van der Waals surface area contributed by atoms with Crippen molar-refractivity contribution >= 4 is 16.5 Å². The van der Waals surface area contributed by atoms with E-state index in [1.807, 2.05) is 0 Å². The molecule has 2 rings (SSSR count). The monoisotopic (exact) mass is 214 g/mol. The van der Waals surface area contributed by atoms with Crippen molar-refractivity contribution in [3.63, 3.8) is 0 Å². The number of aliphatic hydroxyl groups excluding tert-OH is 1. The summed E-state index contributed by atoms with van der Waals surface area (Å²) >= 11 is 1.22. The fraction of sp³-hybridized carbons (Fsp3) is 0.750. The van der Waals surface area contributed by atoms with Crippen molar-refractivity contribution < 1.29 is 5.11 Å². The first-order valence-electron chi connectivity index (χ1n) is 4.73. The van der Waals surface area contributed by atoms with Crippen molar-refractivity contribution in [2.24, 2.45) is 0 Å². The van der Waals surface area contributed by atoms with Crippen LogP contribution in [0.5, 0.6) is 0 Å². The van der Waals surface area contributed by atoms with Crippen molar-refractivity contribution in [3.05, 3.63) is 5.69 Å². The lowest BCUT2D eigenvalue weighted by Gasteiger charge is -2.29. The van der Waals surface area contributed by atoms with Gasteiger partial charge in [0.25, 0.3) is 0 Å². The van der Waals surface area contributed by atoms with Crippen molar-refractivity contribution in [2.45, 2.75) is 25.5 Å². The second kappa shape index (κ2) is 4.20. The van der Waals surface area contributed by atoms with Crippen LogP contribution >= 0.6 is 11.5 Å². The van der Waals surface area contributed by atoms with Crippen LogP contribution in [0.1, 0.15) is 18.5 Å². The molecule has 5 nitrogen and oxygen atoms in total. The van der Waals surface area contributed by atoms with Gasteiger partial charge in [-0.15, -0.1) is 5.10 Å². The van der Waals surface area contributed by atoms with E-state index in [4.69, 9.17) is 5.73 Å². The maximum absolute atomic E-state index is 9.47. The molecule has 0 spiro atoms. The Morgan fingerprint density at radius 3 is 3.14 bits per heavy atom. The van der Waals surface area contributed by atoms with Crippen LogP contribution in [0.3, 0.4) is 0 Å². The highest BCUT2D eigenvalue weighted by Crippen LogP contribution is 2.17. The molecule has 0 aromatic carbocycles. The molecule has 0 radical (unpaired) electrons. The number of nitrogens with two attached hydrogens (primary N) is 1. The van der Waals surface area contributed by atoms with Crippen molar-refractivity contribution in [1.82, 2.24) is 14.5 Å². The molecule has 1 unspecified atom stereocenters. The number of likely N-dealkylation sites (tertiary alicyclic amines) is 1. The Hall–Kier alpha value is -0.720. The highest BCUT2D eigenvalue weighted by Gasteiger charge is 2.19. The maximum atomic E-state index is 9.47. The molecule has 0 amide bonds. The van der Waals surface area contributed by atoms with Gasteiger partial charge in [0, 0.05) is 24.6 Å². The lowest BCUT2D eigenvalue weighted by atomic mass is 10.1. The van der Waals surface area contributed by atoms with Gasteiger partial charge in [-0.1, -0.05) is 4.49 Å². The normalized spacial score (nSPS) is 23.9. The minimum atomic E-state index is -0.198. The van der Waals surface area contributed by atoms with Gasteiger partial charge in [0.05, 0.1) is 6.10 Å². The molecule has 1 atom stereocenters. The Bertz CT molecular complexity index is 303. The predicted octanol–water partition coefficient (Wildman–Crippen LogP) is 0.0770. The number of nitrogen functional groups attached to an aromatic ring is 1. The molecule has 3 N–H and O–H groups in total.